The number of piperidine rings is 2. The van der Waals surface area contributed by atoms with E-state index >= 15 is 0 Å². The van der Waals surface area contributed by atoms with Gasteiger partial charge in [0.25, 0.3) is 17.9 Å². The molecule has 0 aliphatic carbocycles. The first kappa shape index (κ1) is 22.6. The van der Waals surface area contributed by atoms with Crippen molar-refractivity contribution in [1.29, 1.82) is 0 Å². The number of rotatable bonds is 3. The summed E-state index contributed by atoms with van der Waals surface area (Å²) in [7, 11) is 3.32. The predicted molar refractivity (Wildman–Crippen MR) is 108 cm³/mol. The molecule has 2 N–H and O–H groups in total. The van der Waals surface area contributed by atoms with Gasteiger partial charge in [0.05, 0.1) is 6.54 Å². The highest BCUT2D eigenvalue weighted by atomic mass is 16.3. The van der Waals surface area contributed by atoms with Gasteiger partial charge in [0.15, 0.2) is 0 Å². The maximum Gasteiger partial charge on any atom is 0.290 e. The first-order chi connectivity index (χ1) is 13.9. The van der Waals surface area contributed by atoms with Crippen LogP contribution in [0, 0.1) is 5.41 Å². The predicted octanol–water partition coefficient (Wildman–Crippen LogP) is 0.150. The van der Waals surface area contributed by atoms with Crippen LogP contribution in [0.5, 0.6) is 0 Å². The number of nitrogens with zero attached hydrogens (tertiary/aromatic N) is 3. The highest BCUT2D eigenvalue weighted by Gasteiger charge is 2.40. The number of hydrogen-bond acceptors (Lipinski definition) is 5. The highest BCUT2D eigenvalue weighted by Crippen LogP contribution is 2.40. The molecule has 2 saturated heterocycles. The number of carbonyl (C=O) groups excluding carboxylic acids is 2. The molecule has 1 spiro atoms. The van der Waals surface area contributed by atoms with Crippen molar-refractivity contribution in [2.75, 3.05) is 39.8 Å². The zero-order chi connectivity index (χ0) is 21.4. The second-order valence-corrected chi connectivity index (χ2v) is 7.72. The minimum absolute atomic E-state index is 0.0429. The van der Waals surface area contributed by atoms with Crippen molar-refractivity contribution in [2.45, 2.75) is 25.7 Å². The van der Waals surface area contributed by atoms with Gasteiger partial charge in [-0.05, 0) is 56.3 Å². The molecule has 29 heavy (non-hydrogen) atoms. The number of aromatic nitrogens is 1. The van der Waals surface area contributed by atoms with Crippen molar-refractivity contribution in [2.24, 2.45) is 12.5 Å². The maximum absolute atomic E-state index is 12.9. The molecule has 2 amide bonds. The van der Waals surface area contributed by atoms with Gasteiger partial charge in [-0.2, -0.15) is 0 Å². The molecule has 0 aromatic carbocycles. The standard InChI is InChI=1S/C19H28N4O3.CH2O2/c1-20-16(24)13-22-11-7-19(8-12-22)6-4-10-23(14-19)18(26)15-5-3-9-21(2)17(15)25;2-1-3/h3,5,9H,4,6-8,10-14H2,1-2H3,(H,20,24);1H,(H,2,3). The Labute approximate surface area is 170 Å². The van der Waals surface area contributed by atoms with Gasteiger partial charge in [-0.15, -0.1) is 0 Å². The molecule has 9 nitrogen and oxygen atoms in total. The summed E-state index contributed by atoms with van der Waals surface area (Å²) in [4.78, 5) is 49.1. The quantitative estimate of drug-likeness (QED) is 0.691. The number of hydrogen-bond donors (Lipinski definition) is 2. The normalized spacial score (nSPS) is 18.5. The summed E-state index contributed by atoms with van der Waals surface area (Å²) in [5, 5.41) is 9.56. The van der Waals surface area contributed by atoms with Crippen molar-refractivity contribution in [3.8, 4) is 0 Å². The summed E-state index contributed by atoms with van der Waals surface area (Å²) >= 11 is 0. The molecule has 9 heteroatoms. The molecule has 3 heterocycles. The van der Waals surface area contributed by atoms with E-state index in [1.54, 1.807) is 32.4 Å². The van der Waals surface area contributed by atoms with Gasteiger partial charge in [0.1, 0.15) is 5.56 Å². The van der Waals surface area contributed by atoms with Gasteiger partial charge in [0.2, 0.25) is 5.91 Å². The molecule has 2 fully saturated rings. The number of carbonyl (C=O) groups is 3. The van der Waals surface area contributed by atoms with Crippen molar-refractivity contribution in [3.63, 3.8) is 0 Å². The van der Waals surface area contributed by atoms with Gasteiger partial charge < -0.3 is 19.9 Å². The SMILES string of the molecule is CNC(=O)CN1CCC2(CCCN(C(=O)c3cccn(C)c3=O)C2)CC1.O=CO. The van der Waals surface area contributed by atoms with E-state index in [4.69, 9.17) is 9.90 Å². The van der Waals surface area contributed by atoms with Crippen LogP contribution in [0.3, 0.4) is 0 Å². The number of nitrogens with one attached hydrogen (secondary N) is 1. The number of carboxylic acid groups (broad SMARTS) is 1. The molecule has 1 aromatic rings. The van der Waals surface area contributed by atoms with Gasteiger partial charge >= 0.3 is 0 Å². The Bertz CT molecular complexity index is 783. The summed E-state index contributed by atoms with van der Waals surface area (Å²) < 4.78 is 1.45. The Balaban J connectivity index is 0.000000941. The van der Waals surface area contributed by atoms with E-state index in [2.05, 4.69) is 10.2 Å². The van der Waals surface area contributed by atoms with Crippen molar-refractivity contribution in [1.82, 2.24) is 19.7 Å². The Morgan fingerprint density at radius 1 is 1.24 bits per heavy atom. The maximum atomic E-state index is 12.9. The second kappa shape index (κ2) is 10.2. The van der Waals surface area contributed by atoms with E-state index in [1.165, 1.54) is 4.57 Å². The average molecular weight is 406 g/mol. The number of likely N-dealkylation sites (tertiary alicyclic amines) is 2. The smallest absolute Gasteiger partial charge is 0.290 e. The van der Waals surface area contributed by atoms with Crippen LogP contribution in [0.1, 0.15) is 36.0 Å². The van der Waals surface area contributed by atoms with Crippen molar-refractivity contribution in [3.05, 3.63) is 34.2 Å². The number of pyridine rings is 1. The third-order valence-corrected chi connectivity index (χ3v) is 5.87. The van der Waals surface area contributed by atoms with Crippen LogP contribution >= 0.6 is 0 Å². The third-order valence-electron chi connectivity index (χ3n) is 5.87. The topological polar surface area (TPSA) is 112 Å². The minimum Gasteiger partial charge on any atom is -0.483 e. The summed E-state index contributed by atoms with van der Waals surface area (Å²) in [6.45, 7) is 3.36. The molecule has 0 bridgehead atoms. The zero-order valence-corrected chi connectivity index (χ0v) is 17.1. The monoisotopic (exact) mass is 406 g/mol. The molecule has 1 aromatic heterocycles. The Morgan fingerprint density at radius 2 is 1.90 bits per heavy atom. The summed E-state index contributed by atoms with van der Waals surface area (Å²) in [6, 6.07) is 3.36. The lowest BCUT2D eigenvalue weighted by molar-refractivity contribution is -0.123. The fraction of sp³-hybridized carbons (Fsp3) is 0.600. The fourth-order valence-electron chi connectivity index (χ4n) is 4.19. The molecule has 0 saturated carbocycles. The lowest BCUT2D eigenvalue weighted by Gasteiger charge is -2.47. The van der Waals surface area contributed by atoms with E-state index in [0.29, 0.717) is 19.6 Å². The Kier molecular flexibility index (Phi) is 7.95. The van der Waals surface area contributed by atoms with E-state index in [-0.39, 0.29) is 34.8 Å². The fourth-order valence-corrected chi connectivity index (χ4v) is 4.19. The summed E-state index contributed by atoms with van der Waals surface area (Å²) in [6.07, 6.45) is 5.71. The largest absolute Gasteiger partial charge is 0.483 e. The molecule has 0 unspecified atom stereocenters. The molecule has 0 atom stereocenters. The van der Waals surface area contributed by atoms with Gasteiger partial charge in [-0.1, -0.05) is 0 Å². The van der Waals surface area contributed by atoms with Crippen LogP contribution < -0.4 is 10.9 Å². The van der Waals surface area contributed by atoms with Gasteiger partial charge in [-0.3, -0.25) is 24.1 Å². The van der Waals surface area contributed by atoms with Crippen LogP contribution in [-0.2, 0) is 16.6 Å². The highest BCUT2D eigenvalue weighted by molar-refractivity contribution is 5.94. The first-order valence-electron chi connectivity index (χ1n) is 9.81. The number of likely N-dealkylation sites (N-methyl/N-ethyl adjacent to an activating group) is 1. The van der Waals surface area contributed by atoms with E-state index in [1.807, 2.05) is 4.90 Å². The Morgan fingerprint density at radius 3 is 2.52 bits per heavy atom. The first-order valence-corrected chi connectivity index (χ1v) is 9.81. The van der Waals surface area contributed by atoms with Crippen LogP contribution in [0.2, 0.25) is 0 Å². The molecular weight excluding hydrogens is 376 g/mol. The van der Waals surface area contributed by atoms with Gasteiger partial charge in [-0.25, -0.2) is 0 Å². The molecular formula is C20H30N4O5. The van der Waals surface area contributed by atoms with E-state index in [0.717, 1.165) is 38.8 Å². The lowest BCUT2D eigenvalue weighted by Crippen LogP contribution is -2.52. The van der Waals surface area contributed by atoms with Crippen molar-refractivity contribution < 1.29 is 19.5 Å². The van der Waals surface area contributed by atoms with Gasteiger partial charge in [0, 0.05) is 33.4 Å². The van der Waals surface area contributed by atoms with Crippen LogP contribution in [0.4, 0.5) is 0 Å². The van der Waals surface area contributed by atoms with E-state index in [9.17, 15) is 14.4 Å². The molecule has 0 radical (unpaired) electrons. The lowest BCUT2D eigenvalue weighted by atomic mass is 9.72. The second-order valence-electron chi connectivity index (χ2n) is 7.72. The van der Waals surface area contributed by atoms with Crippen LogP contribution in [0.25, 0.3) is 0 Å². The van der Waals surface area contributed by atoms with Crippen molar-refractivity contribution >= 4 is 18.3 Å². The molecule has 2 aliphatic rings. The zero-order valence-electron chi connectivity index (χ0n) is 17.1. The van der Waals surface area contributed by atoms with E-state index < -0.39 is 0 Å². The molecule has 160 valence electrons. The molecule has 3 rings (SSSR count). The summed E-state index contributed by atoms with van der Waals surface area (Å²) in [5.74, 6) is -0.112. The third kappa shape index (κ3) is 5.66. The Hall–Kier alpha value is -2.68. The molecule has 2 aliphatic heterocycles. The van der Waals surface area contributed by atoms with Crippen LogP contribution in [0.15, 0.2) is 23.1 Å². The summed E-state index contributed by atoms with van der Waals surface area (Å²) in [5.41, 5.74) is 0.134. The number of aryl methyl sites for hydroxylation is 1. The minimum atomic E-state index is -0.250. The average Bonchev–Trinajstić information content (AvgIpc) is 2.72. The number of amides is 2. The van der Waals surface area contributed by atoms with Crippen LogP contribution in [-0.4, -0.2) is 77.5 Å².